The van der Waals surface area contributed by atoms with Gasteiger partial charge >= 0.3 is 17.9 Å². The average Bonchev–Trinajstić information content (AvgIpc) is 2.33. The van der Waals surface area contributed by atoms with E-state index >= 15 is 0 Å². The Hall–Kier alpha value is 0.154. The quantitative estimate of drug-likeness (QED) is 0.578. The highest BCUT2D eigenvalue weighted by Crippen LogP contribution is 2.09. The van der Waals surface area contributed by atoms with E-state index in [0.717, 1.165) is 0 Å². The normalized spacial score (nSPS) is 13.2. The molecule has 92 valence electrons. The van der Waals surface area contributed by atoms with Gasteiger partial charge in [0.1, 0.15) is 0 Å². The smallest absolute Gasteiger partial charge is 0.365 e. The third-order valence-corrected chi connectivity index (χ3v) is 7.59. The minimum atomic E-state index is -2.98. The molecule has 0 aromatic rings. The van der Waals surface area contributed by atoms with E-state index in [0.29, 0.717) is 0 Å². The first-order chi connectivity index (χ1) is 7.07. The average molecular weight is 257 g/mol. The van der Waals surface area contributed by atoms with E-state index in [1.165, 1.54) is 42.7 Å². The Morgan fingerprint density at radius 3 is 0.867 bits per heavy atom. The molecule has 0 unspecified atom stereocenters. The van der Waals surface area contributed by atoms with Gasteiger partial charge in [-0.25, -0.2) is 4.65 Å². The second-order valence-electron chi connectivity index (χ2n) is 2.46. The molecule has 0 aromatic heterocycles. The summed E-state index contributed by atoms with van der Waals surface area (Å²) in [6.45, 7) is 0. The molecular formula is C6H19NO6Si2. The fourth-order valence-electron chi connectivity index (χ4n) is 0.994. The van der Waals surface area contributed by atoms with Crippen LogP contribution in [0.3, 0.4) is 0 Å². The molecule has 0 atom stereocenters. The minimum absolute atomic E-state index is 1.48. The van der Waals surface area contributed by atoms with E-state index < -0.39 is 17.9 Å². The van der Waals surface area contributed by atoms with Gasteiger partial charge in [-0.15, -0.1) is 0 Å². The van der Waals surface area contributed by atoms with Gasteiger partial charge in [0.05, 0.1) is 0 Å². The predicted molar refractivity (Wildman–Crippen MR) is 56.7 cm³/mol. The third-order valence-electron chi connectivity index (χ3n) is 1.92. The summed E-state index contributed by atoms with van der Waals surface area (Å²) in [6, 6.07) is 0. The predicted octanol–water partition coefficient (Wildman–Crippen LogP) is -0.674. The van der Waals surface area contributed by atoms with Crippen LogP contribution in [0.4, 0.5) is 0 Å². The first kappa shape index (κ1) is 15.2. The lowest BCUT2D eigenvalue weighted by Gasteiger charge is -2.32. The SMILES string of the molecule is CO[Si](N[Si](OC)(OC)OC)(OC)OC. The summed E-state index contributed by atoms with van der Waals surface area (Å²) in [5.74, 6) is 0. The summed E-state index contributed by atoms with van der Waals surface area (Å²) in [4.78, 5) is 0. The maximum absolute atomic E-state index is 5.18. The van der Waals surface area contributed by atoms with E-state index in [2.05, 4.69) is 4.65 Å². The Kier molecular flexibility index (Phi) is 6.74. The molecule has 0 radical (unpaired) electrons. The van der Waals surface area contributed by atoms with Crippen molar-refractivity contribution in [2.45, 2.75) is 0 Å². The van der Waals surface area contributed by atoms with Crippen LogP contribution in [0.2, 0.25) is 0 Å². The monoisotopic (exact) mass is 257 g/mol. The lowest BCUT2D eigenvalue weighted by Crippen LogP contribution is -2.71. The summed E-state index contributed by atoms with van der Waals surface area (Å²) < 4.78 is 34.0. The van der Waals surface area contributed by atoms with Gasteiger partial charge in [0.2, 0.25) is 0 Å². The standard InChI is InChI=1S/C6H19NO6Si2/c1-8-14(9-2,10-3)7-15(11-4,12-5)13-6/h7H,1-6H3. The van der Waals surface area contributed by atoms with Crippen LogP contribution in [0.25, 0.3) is 0 Å². The van der Waals surface area contributed by atoms with Gasteiger partial charge in [-0.3, -0.25) is 0 Å². The Morgan fingerprint density at radius 1 is 0.533 bits per heavy atom. The Bertz CT molecular complexity index is 140. The molecule has 0 saturated heterocycles. The topological polar surface area (TPSA) is 67.4 Å². The molecule has 0 aliphatic heterocycles. The van der Waals surface area contributed by atoms with Crippen molar-refractivity contribution in [2.24, 2.45) is 0 Å². The third kappa shape index (κ3) is 3.58. The van der Waals surface area contributed by atoms with E-state index in [1.807, 2.05) is 0 Å². The molecule has 0 amide bonds. The molecule has 15 heavy (non-hydrogen) atoms. The fourth-order valence-corrected chi connectivity index (χ4v) is 5.94. The van der Waals surface area contributed by atoms with E-state index in [-0.39, 0.29) is 0 Å². The van der Waals surface area contributed by atoms with Crippen molar-refractivity contribution in [3.05, 3.63) is 0 Å². The van der Waals surface area contributed by atoms with Crippen LogP contribution in [0.5, 0.6) is 0 Å². The van der Waals surface area contributed by atoms with Crippen LogP contribution < -0.4 is 4.65 Å². The lowest BCUT2D eigenvalue weighted by molar-refractivity contribution is 0.0782. The molecule has 0 fully saturated rings. The van der Waals surface area contributed by atoms with E-state index in [4.69, 9.17) is 26.6 Å². The van der Waals surface area contributed by atoms with Crippen molar-refractivity contribution in [1.82, 2.24) is 4.65 Å². The Morgan fingerprint density at radius 2 is 0.733 bits per heavy atom. The minimum Gasteiger partial charge on any atom is -0.365 e. The summed E-state index contributed by atoms with van der Waals surface area (Å²) in [6.07, 6.45) is 0. The number of hydrogen-bond donors (Lipinski definition) is 1. The summed E-state index contributed by atoms with van der Waals surface area (Å²) in [7, 11) is 2.91. The van der Waals surface area contributed by atoms with Crippen molar-refractivity contribution in [1.29, 1.82) is 0 Å². The zero-order chi connectivity index (χ0) is 11.9. The van der Waals surface area contributed by atoms with E-state index in [1.54, 1.807) is 0 Å². The van der Waals surface area contributed by atoms with Crippen LogP contribution in [-0.4, -0.2) is 60.6 Å². The molecule has 0 heterocycles. The molecule has 0 saturated carbocycles. The summed E-state index contributed by atoms with van der Waals surface area (Å²) in [5.41, 5.74) is 0. The summed E-state index contributed by atoms with van der Waals surface area (Å²) >= 11 is 0. The van der Waals surface area contributed by atoms with Gasteiger partial charge in [-0.05, 0) is 0 Å². The van der Waals surface area contributed by atoms with Crippen molar-refractivity contribution < 1.29 is 26.6 Å². The first-order valence-corrected chi connectivity index (χ1v) is 7.62. The largest absolute Gasteiger partial charge is 0.594 e. The fraction of sp³-hybridized carbons (Fsp3) is 1.00. The Labute approximate surface area is 92.5 Å². The highest BCUT2D eigenvalue weighted by molar-refractivity contribution is 6.75. The highest BCUT2D eigenvalue weighted by Gasteiger charge is 2.53. The molecule has 7 nitrogen and oxygen atoms in total. The molecule has 0 aliphatic rings. The van der Waals surface area contributed by atoms with Crippen LogP contribution in [0, 0.1) is 0 Å². The van der Waals surface area contributed by atoms with Gasteiger partial charge < -0.3 is 26.6 Å². The lowest BCUT2D eigenvalue weighted by atomic mass is 11.8. The van der Waals surface area contributed by atoms with Gasteiger partial charge in [0, 0.05) is 42.7 Å². The van der Waals surface area contributed by atoms with Crippen molar-refractivity contribution in [2.75, 3.05) is 42.7 Å². The van der Waals surface area contributed by atoms with Crippen LogP contribution in [0.15, 0.2) is 0 Å². The number of hydrogen-bond acceptors (Lipinski definition) is 7. The van der Waals surface area contributed by atoms with Crippen molar-refractivity contribution in [3.63, 3.8) is 0 Å². The van der Waals surface area contributed by atoms with Crippen molar-refractivity contribution >= 4 is 17.9 Å². The zero-order valence-electron chi connectivity index (χ0n) is 9.95. The molecule has 9 heteroatoms. The van der Waals surface area contributed by atoms with Crippen LogP contribution >= 0.6 is 0 Å². The second kappa shape index (κ2) is 6.68. The van der Waals surface area contributed by atoms with Crippen LogP contribution in [0.1, 0.15) is 0 Å². The molecule has 0 aliphatic carbocycles. The van der Waals surface area contributed by atoms with Crippen molar-refractivity contribution in [3.8, 4) is 0 Å². The molecule has 0 rings (SSSR count). The van der Waals surface area contributed by atoms with E-state index in [9.17, 15) is 0 Å². The number of rotatable bonds is 8. The second-order valence-corrected chi connectivity index (χ2v) is 8.14. The summed E-state index contributed by atoms with van der Waals surface area (Å²) in [5, 5.41) is 0. The molecule has 0 bridgehead atoms. The molecular weight excluding hydrogens is 238 g/mol. The molecule has 0 spiro atoms. The van der Waals surface area contributed by atoms with Gasteiger partial charge in [0.25, 0.3) is 0 Å². The van der Waals surface area contributed by atoms with Gasteiger partial charge in [-0.2, -0.15) is 0 Å². The van der Waals surface area contributed by atoms with Crippen LogP contribution in [-0.2, 0) is 26.6 Å². The molecule has 0 aromatic carbocycles. The number of nitrogens with one attached hydrogen (secondary N) is 1. The zero-order valence-corrected chi connectivity index (χ0v) is 11.9. The maximum atomic E-state index is 5.18. The van der Waals surface area contributed by atoms with Gasteiger partial charge in [0.15, 0.2) is 0 Å². The first-order valence-electron chi connectivity index (χ1n) is 4.17. The maximum Gasteiger partial charge on any atom is 0.594 e. The molecule has 1 N–H and O–H groups in total. The highest BCUT2D eigenvalue weighted by atomic mass is 28.5. The Balaban J connectivity index is 4.74. The van der Waals surface area contributed by atoms with Gasteiger partial charge in [-0.1, -0.05) is 0 Å².